The van der Waals surface area contributed by atoms with Crippen molar-refractivity contribution in [2.45, 2.75) is 51.6 Å². The first-order chi connectivity index (χ1) is 12.4. The molecule has 3 rings (SSSR count). The Kier molecular flexibility index (Phi) is 5.82. The molecule has 0 unspecified atom stereocenters. The lowest BCUT2D eigenvalue weighted by Gasteiger charge is -2.40. The summed E-state index contributed by atoms with van der Waals surface area (Å²) in [6.07, 6.45) is 3.08. The van der Waals surface area contributed by atoms with Crippen LogP contribution in [-0.2, 0) is 4.79 Å². The Labute approximate surface area is 156 Å². The van der Waals surface area contributed by atoms with E-state index in [9.17, 15) is 4.79 Å². The molecule has 0 aliphatic carbocycles. The third kappa shape index (κ3) is 4.36. The number of nitrogens with one attached hydrogen (secondary N) is 1. The van der Waals surface area contributed by atoms with Gasteiger partial charge >= 0.3 is 0 Å². The molecular formula is C22H30N2O2. The number of amides is 1. The van der Waals surface area contributed by atoms with Gasteiger partial charge in [-0.2, -0.15) is 0 Å². The van der Waals surface area contributed by atoms with Crippen LogP contribution >= 0.6 is 0 Å². The van der Waals surface area contributed by atoms with Gasteiger partial charge in [0.15, 0.2) is 0 Å². The van der Waals surface area contributed by atoms with Crippen LogP contribution < -0.4 is 5.32 Å². The fraction of sp³-hybridized carbons (Fsp3) is 0.500. The molecular weight excluding hydrogens is 324 g/mol. The zero-order chi connectivity index (χ0) is 18.7. The molecule has 1 aromatic heterocycles. The summed E-state index contributed by atoms with van der Waals surface area (Å²) < 4.78 is 5.64. The molecule has 1 fully saturated rings. The monoisotopic (exact) mass is 354 g/mol. The fourth-order valence-corrected chi connectivity index (χ4v) is 3.86. The third-order valence-corrected chi connectivity index (χ3v) is 5.71. The molecule has 0 radical (unpaired) electrons. The highest BCUT2D eigenvalue weighted by Crippen LogP contribution is 2.29. The largest absolute Gasteiger partial charge is 0.469 e. The number of furan rings is 1. The number of aryl methyl sites for hydroxylation is 1. The van der Waals surface area contributed by atoms with Crippen LogP contribution in [0.3, 0.4) is 0 Å². The van der Waals surface area contributed by atoms with Crippen LogP contribution in [0.25, 0.3) is 0 Å². The standard InChI is InChI=1S/C22H30N2O2/c1-15-7-9-18(10-8-15)19(21-6-5-11-26-21)13-22(25)23-20-12-17(3)24(4)14-16(20)2/h5-11,16-17,19-20H,12-14H2,1-4H3,(H,23,25)/t16-,17-,19+,20-/m1/s1. The van der Waals surface area contributed by atoms with Gasteiger partial charge in [0.2, 0.25) is 5.91 Å². The fourth-order valence-electron chi connectivity index (χ4n) is 3.86. The van der Waals surface area contributed by atoms with E-state index in [0.29, 0.717) is 18.4 Å². The summed E-state index contributed by atoms with van der Waals surface area (Å²) in [4.78, 5) is 15.2. The Morgan fingerprint density at radius 3 is 2.65 bits per heavy atom. The lowest BCUT2D eigenvalue weighted by molar-refractivity contribution is -0.123. The van der Waals surface area contributed by atoms with Gasteiger partial charge in [-0.25, -0.2) is 0 Å². The molecule has 1 saturated heterocycles. The first kappa shape index (κ1) is 18.7. The molecule has 1 amide bonds. The lowest BCUT2D eigenvalue weighted by Crippen LogP contribution is -2.52. The van der Waals surface area contributed by atoms with Crippen LogP contribution in [0, 0.1) is 12.8 Å². The zero-order valence-electron chi connectivity index (χ0n) is 16.2. The first-order valence-electron chi connectivity index (χ1n) is 9.53. The summed E-state index contributed by atoms with van der Waals surface area (Å²) in [6, 6.07) is 12.9. The number of carbonyl (C=O) groups is 1. The van der Waals surface area contributed by atoms with E-state index < -0.39 is 0 Å². The van der Waals surface area contributed by atoms with Crippen LogP contribution in [0.1, 0.15) is 49.5 Å². The van der Waals surface area contributed by atoms with Crippen molar-refractivity contribution in [2.75, 3.05) is 13.6 Å². The Morgan fingerprint density at radius 2 is 2.00 bits per heavy atom. The van der Waals surface area contributed by atoms with E-state index >= 15 is 0 Å². The van der Waals surface area contributed by atoms with Gasteiger partial charge in [0.1, 0.15) is 5.76 Å². The number of hydrogen-bond acceptors (Lipinski definition) is 3. The van der Waals surface area contributed by atoms with Gasteiger partial charge in [-0.05, 0) is 50.9 Å². The van der Waals surface area contributed by atoms with Crippen molar-refractivity contribution in [1.29, 1.82) is 0 Å². The van der Waals surface area contributed by atoms with E-state index in [-0.39, 0.29) is 17.9 Å². The molecule has 140 valence electrons. The number of likely N-dealkylation sites (tertiary alicyclic amines) is 1. The van der Waals surface area contributed by atoms with Gasteiger partial charge in [-0.15, -0.1) is 0 Å². The smallest absolute Gasteiger partial charge is 0.221 e. The highest BCUT2D eigenvalue weighted by molar-refractivity contribution is 5.77. The van der Waals surface area contributed by atoms with Crippen molar-refractivity contribution in [3.63, 3.8) is 0 Å². The highest BCUT2D eigenvalue weighted by atomic mass is 16.3. The molecule has 4 atom stereocenters. The van der Waals surface area contributed by atoms with Crippen molar-refractivity contribution < 1.29 is 9.21 Å². The Balaban J connectivity index is 1.71. The zero-order valence-corrected chi connectivity index (χ0v) is 16.2. The molecule has 0 bridgehead atoms. The second-order valence-electron chi connectivity index (χ2n) is 7.86. The lowest BCUT2D eigenvalue weighted by atomic mass is 9.88. The van der Waals surface area contributed by atoms with E-state index in [2.05, 4.69) is 62.3 Å². The van der Waals surface area contributed by atoms with E-state index in [1.165, 1.54) is 5.56 Å². The second-order valence-corrected chi connectivity index (χ2v) is 7.86. The minimum absolute atomic E-state index is 0.0513. The SMILES string of the molecule is Cc1ccc([C@H](CC(=O)N[C@@H]2C[C@@H](C)N(C)C[C@H]2C)c2ccco2)cc1. The van der Waals surface area contributed by atoms with Gasteiger partial charge in [0.05, 0.1) is 12.2 Å². The average molecular weight is 354 g/mol. The van der Waals surface area contributed by atoms with Crippen molar-refractivity contribution >= 4 is 5.91 Å². The summed E-state index contributed by atoms with van der Waals surface area (Å²) in [7, 11) is 2.16. The predicted molar refractivity (Wildman–Crippen MR) is 104 cm³/mol. The van der Waals surface area contributed by atoms with E-state index in [0.717, 1.165) is 24.3 Å². The highest BCUT2D eigenvalue weighted by Gasteiger charge is 2.31. The molecule has 0 saturated carbocycles. The maximum absolute atomic E-state index is 12.8. The van der Waals surface area contributed by atoms with Crippen LogP contribution in [0.5, 0.6) is 0 Å². The molecule has 0 spiro atoms. The van der Waals surface area contributed by atoms with Gasteiger partial charge in [0.25, 0.3) is 0 Å². The number of carbonyl (C=O) groups excluding carboxylic acids is 1. The normalized spacial score (nSPS) is 25.0. The summed E-state index contributed by atoms with van der Waals surface area (Å²) in [5.74, 6) is 1.35. The summed E-state index contributed by atoms with van der Waals surface area (Å²) in [5, 5.41) is 3.29. The van der Waals surface area contributed by atoms with E-state index in [4.69, 9.17) is 4.42 Å². The Bertz CT molecular complexity index is 708. The Morgan fingerprint density at radius 1 is 1.27 bits per heavy atom. The van der Waals surface area contributed by atoms with Crippen LogP contribution in [-0.4, -0.2) is 36.5 Å². The predicted octanol–water partition coefficient (Wildman–Crippen LogP) is 3.95. The molecule has 26 heavy (non-hydrogen) atoms. The number of piperidine rings is 1. The molecule has 2 aromatic rings. The van der Waals surface area contributed by atoms with Gasteiger partial charge in [-0.3, -0.25) is 4.79 Å². The molecule has 1 N–H and O–H groups in total. The molecule has 1 aromatic carbocycles. The topological polar surface area (TPSA) is 45.5 Å². The Hall–Kier alpha value is -2.07. The molecule has 4 nitrogen and oxygen atoms in total. The summed E-state index contributed by atoms with van der Waals surface area (Å²) in [6.45, 7) is 7.53. The maximum atomic E-state index is 12.8. The minimum Gasteiger partial charge on any atom is -0.469 e. The van der Waals surface area contributed by atoms with Crippen molar-refractivity contribution in [3.05, 3.63) is 59.5 Å². The summed E-state index contributed by atoms with van der Waals surface area (Å²) >= 11 is 0. The van der Waals surface area contributed by atoms with E-state index in [1.54, 1.807) is 6.26 Å². The van der Waals surface area contributed by atoms with Gasteiger partial charge in [0, 0.05) is 25.0 Å². The van der Waals surface area contributed by atoms with Crippen molar-refractivity contribution in [3.8, 4) is 0 Å². The van der Waals surface area contributed by atoms with Crippen molar-refractivity contribution in [1.82, 2.24) is 10.2 Å². The average Bonchev–Trinajstić information content (AvgIpc) is 3.13. The third-order valence-electron chi connectivity index (χ3n) is 5.71. The van der Waals surface area contributed by atoms with Gasteiger partial charge in [-0.1, -0.05) is 36.8 Å². The van der Waals surface area contributed by atoms with Crippen molar-refractivity contribution in [2.24, 2.45) is 5.92 Å². The number of hydrogen-bond donors (Lipinski definition) is 1. The number of rotatable bonds is 5. The summed E-state index contributed by atoms with van der Waals surface area (Å²) in [5.41, 5.74) is 2.33. The van der Waals surface area contributed by atoms with Crippen LogP contribution in [0.2, 0.25) is 0 Å². The molecule has 2 heterocycles. The first-order valence-corrected chi connectivity index (χ1v) is 9.53. The molecule has 1 aliphatic rings. The number of nitrogens with zero attached hydrogens (tertiary/aromatic N) is 1. The number of benzene rings is 1. The quantitative estimate of drug-likeness (QED) is 0.884. The second kappa shape index (κ2) is 8.09. The van der Waals surface area contributed by atoms with Gasteiger partial charge < -0.3 is 14.6 Å². The molecule has 4 heteroatoms. The van der Waals surface area contributed by atoms with Crippen LogP contribution in [0.15, 0.2) is 47.1 Å². The maximum Gasteiger partial charge on any atom is 0.221 e. The van der Waals surface area contributed by atoms with Crippen LogP contribution in [0.4, 0.5) is 0 Å². The van der Waals surface area contributed by atoms with E-state index in [1.807, 2.05) is 12.1 Å². The molecule has 1 aliphatic heterocycles. The minimum atomic E-state index is -0.0513.